The number of hydrazone groups is 1. The molecule has 0 spiro atoms. The van der Waals surface area contributed by atoms with E-state index >= 15 is 0 Å². The molecule has 3 rings (SSSR count). The van der Waals surface area contributed by atoms with Crippen LogP contribution in [-0.2, 0) is 6.54 Å². The Balaban J connectivity index is 1.81. The van der Waals surface area contributed by atoms with Crippen LogP contribution in [0.5, 0.6) is 0 Å². The van der Waals surface area contributed by atoms with Crippen molar-refractivity contribution in [3.05, 3.63) is 57.6 Å². The minimum absolute atomic E-state index is 0.120. The van der Waals surface area contributed by atoms with Crippen LogP contribution in [0.2, 0.25) is 0 Å². The third kappa shape index (κ3) is 3.54. The highest BCUT2D eigenvalue weighted by atomic mass is 79.9. The average Bonchev–Trinajstić information content (AvgIpc) is 3.06. The second kappa shape index (κ2) is 7.43. The summed E-state index contributed by atoms with van der Waals surface area (Å²) >= 11 is 2.37. The minimum Gasteiger partial charge on any atom is -0.267 e. The van der Waals surface area contributed by atoms with Gasteiger partial charge in [0.1, 0.15) is 11.1 Å². The van der Waals surface area contributed by atoms with E-state index in [0.29, 0.717) is 16.7 Å². The minimum atomic E-state index is -1.83. The van der Waals surface area contributed by atoms with Crippen molar-refractivity contribution >= 4 is 38.6 Å². The second-order valence-electron chi connectivity index (χ2n) is 5.47. The SMILES string of the molecule is CC(Cn1nnc2ccccc21)=NNC(=O)c1c(F)c(F)c(Br)c(F)c1F. The number of hydrogen-bond donors (Lipinski definition) is 1. The molecule has 0 saturated carbocycles. The summed E-state index contributed by atoms with van der Waals surface area (Å²) in [4.78, 5) is 11.9. The molecule has 6 nitrogen and oxygen atoms in total. The lowest BCUT2D eigenvalue weighted by Crippen LogP contribution is -2.24. The predicted octanol–water partition coefficient (Wildman–Crippen LogP) is 3.56. The fraction of sp³-hybridized carbons (Fsp3) is 0.125. The Bertz CT molecular complexity index is 1050. The van der Waals surface area contributed by atoms with E-state index in [-0.39, 0.29) is 6.54 Å². The fourth-order valence-electron chi connectivity index (χ4n) is 2.29. The summed E-state index contributed by atoms with van der Waals surface area (Å²) in [7, 11) is 0. The highest BCUT2D eigenvalue weighted by Crippen LogP contribution is 2.28. The van der Waals surface area contributed by atoms with E-state index < -0.39 is 39.2 Å². The highest BCUT2D eigenvalue weighted by Gasteiger charge is 2.28. The van der Waals surface area contributed by atoms with E-state index in [2.05, 4.69) is 31.3 Å². The number of halogens is 5. The number of benzene rings is 2. The quantitative estimate of drug-likeness (QED) is 0.220. The lowest BCUT2D eigenvalue weighted by atomic mass is 10.1. The van der Waals surface area contributed by atoms with Crippen molar-refractivity contribution in [1.82, 2.24) is 20.4 Å². The number of amides is 1. The molecule has 0 unspecified atom stereocenters. The molecule has 0 fully saturated rings. The van der Waals surface area contributed by atoms with Crippen molar-refractivity contribution in [1.29, 1.82) is 0 Å². The third-order valence-electron chi connectivity index (χ3n) is 3.58. The number of nitrogens with one attached hydrogen (secondary N) is 1. The molecule has 1 amide bonds. The van der Waals surface area contributed by atoms with E-state index in [0.717, 1.165) is 0 Å². The van der Waals surface area contributed by atoms with Gasteiger partial charge in [0.2, 0.25) is 0 Å². The van der Waals surface area contributed by atoms with Gasteiger partial charge in [-0.1, -0.05) is 17.3 Å². The van der Waals surface area contributed by atoms with Crippen LogP contribution in [0, 0.1) is 23.3 Å². The Hall–Kier alpha value is -2.82. The Morgan fingerprint density at radius 3 is 2.44 bits per heavy atom. The average molecular weight is 444 g/mol. The number of nitrogens with zero attached hydrogens (tertiary/aromatic N) is 4. The van der Waals surface area contributed by atoms with Gasteiger partial charge in [-0.15, -0.1) is 5.10 Å². The zero-order chi connectivity index (χ0) is 19.7. The van der Waals surface area contributed by atoms with Gasteiger partial charge in [-0.25, -0.2) is 27.7 Å². The third-order valence-corrected chi connectivity index (χ3v) is 4.28. The van der Waals surface area contributed by atoms with E-state index in [1.54, 1.807) is 24.3 Å². The summed E-state index contributed by atoms with van der Waals surface area (Å²) < 4.78 is 55.2. The van der Waals surface area contributed by atoms with Gasteiger partial charge in [0.15, 0.2) is 23.3 Å². The fourth-order valence-corrected chi connectivity index (χ4v) is 2.64. The van der Waals surface area contributed by atoms with Crippen LogP contribution in [-0.4, -0.2) is 26.6 Å². The molecule has 2 aromatic carbocycles. The molecule has 0 saturated heterocycles. The number of hydrogen-bond acceptors (Lipinski definition) is 4. The smallest absolute Gasteiger partial charge is 0.267 e. The number of aromatic nitrogens is 3. The van der Waals surface area contributed by atoms with Gasteiger partial charge in [-0.2, -0.15) is 5.10 Å². The van der Waals surface area contributed by atoms with Crippen LogP contribution in [0.4, 0.5) is 17.6 Å². The molecule has 0 bridgehead atoms. The maximum Gasteiger partial charge on any atom is 0.277 e. The first kappa shape index (κ1) is 19.0. The first-order chi connectivity index (χ1) is 12.8. The number of fused-ring (bicyclic) bond motifs is 1. The van der Waals surface area contributed by atoms with Crippen molar-refractivity contribution in [3.8, 4) is 0 Å². The standard InChI is InChI=1S/C16H10BrF4N5O/c1-7(6-26-9-5-3-2-4-8(9)23-25-26)22-24-16(27)10-12(18)14(20)11(17)15(21)13(10)19/h2-5H,6H2,1H3,(H,24,27). The topological polar surface area (TPSA) is 72.2 Å². The molecule has 0 aliphatic rings. The monoisotopic (exact) mass is 443 g/mol. The van der Waals surface area contributed by atoms with Crippen molar-refractivity contribution < 1.29 is 22.4 Å². The molecule has 11 heteroatoms. The molecule has 0 atom stereocenters. The maximum atomic E-state index is 13.8. The molecule has 0 aliphatic heterocycles. The van der Waals surface area contributed by atoms with Crippen LogP contribution in [0.3, 0.4) is 0 Å². The van der Waals surface area contributed by atoms with E-state index in [9.17, 15) is 22.4 Å². The van der Waals surface area contributed by atoms with Gasteiger partial charge >= 0.3 is 0 Å². The molecule has 27 heavy (non-hydrogen) atoms. The van der Waals surface area contributed by atoms with Crippen LogP contribution in [0.15, 0.2) is 33.8 Å². The van der Waals surface area contributed by atoms with Gasteiger partial charge in [0.05, 0.1) is 22.2 Å². The molecule has 1 aromatic heterocycles. The predicted molar refractivity (Wildman–Crippen MR) is 92.1 cm³/mol. The Morgan fingerprint density at radius 2 is 1.78 bits per heavy atom. The van der Waals surface area contributed by atoms with E-state index in [4.69, 9.17) is 0 Å². The van der Waals surface area contributed by atoms with Gasteiger partial charge in [0, 0.05) is 0 Å². The summed E-state index contributed by atoms with van der Waals surface area (Å²) in [5.74, 6) is -8.51. The molecule has 1 N–H and O–H groups in total. The summed E-state index contributed by atoms with van der Waals surface area (Å²) in [6.45, 7) is 1.64. The molecule has 140 valence electrons. The Kier molecular flexibility index (Phi) is 5.22. The first-order valence-corrected chi connectivity index (χ1v) is 8.23. The van der Waals surface area contributed by atoms with Crippen molar-refractivity contribution in [2.24, 2.45) is 5.10 Å². The van der Waals surface area contributed by atoms with Crippen molar-refractivity contribution in [2.75, 3.05) is 0 Å². The Labute approximate surface area is 158 Å². The highest BCUT2D eigenvalue weighted by molar-refractivity contribution is 9.10. The van der Waals surface area contributed by atoms with Crippen LogP contribution in [0.1, 0.15) is 17.3 Å². The lowest BCUT2D eigenvalue weighted by molar-refractivity contribution is 0.0943. The second-order valence-corrected chi connectivity index (χ2v) is 6.26. The molecule has 0 aliphatic carbocycles. The zero-order valence-electron chi connectivity index (χ0n) is 13.6. The van der Waals surface area contributed by atoms with Gasteiger partial charge < -0.3 is 0 Å². The number of rotatable bonds is 4. The molecular weight excluding hydrogens is 434 g/mol. The van der Waals surface area contributed by atoms with Gasteiger partial charge in [0.25, 0.3) is 5.91 Å². The molecule has 1 heterocycles. The summed E-state index contributed by atoms with van der Waals surface area (Å²) in [5.41, 5.74) is 2.14. The molecule has 3 aromatic rings. The largest absolute Gasteiger partial charge is 0.277 e. The zero-order valence-corrected chi connectivity index (χ0v) is 15.2. The Morgan fingerprint density at radius 1 is 1.15 bits per heavy atom. The first-order valence-electron chi connectivity index (χ1n) is 7.44. The van der Waals surface area contributed by atoms with Crippen LogP contribution < -0.4 is 5.43 Å². The number of carbonyl (C=O) groups excluding carboxylic acids is 1. The number of para-hydroxylation sites is 1. The van der Waals surface area contributed by atoms with Gasteiger partial charge in [-0.3, -0.25) is 4.79 Å². The van der Waals surface area contributed by atoms with Crippen molar-refractivity contribution in [3.63, 3.8) is 0 Å². The van der Waals surface area contributed by atoms with Gasteiger partial charge in [-0.05, 0) is 35.0 Å². The van der Waals surface area contributed by atoms with Crippen LogP contribution >= 0.6 is 15.9 Å². The van der Waals surface area contributed by atoms with E-state index in [1.807, 2.05) is 5.43 Å². The lowest BCUT2D eigenvalue weighted by Gasteiger charge is -2.08. The maximum absolute atomic E-state index is 13.8. The summed E-state index contributed by atoms with van der Waals surface area (Å²) in [6, 6.07) is 7.12. The van der Waals surface area contributed by atoms with Crippen molar-refractivity contribution in [2.45, 2.75) is 13.5 Å². The number of carbonyl (C=O) groups is 1. The summed E-state index contributed by atoms with van der Waals surface area (Å²) in [6.07, 6.45) is 0. The summed E-state index contributed by atoms with van der Waals surface area (Å²) in [5, 5.41) is 11.6. The normalized spacial score (nSPS) is 11.9. The molecular formula is C16H10BrF4N5O. The van der Waals surface area contributed by atoms with E-state index in [1.165, 1.54) is 11.6 Å². The van der Waals surface area contributed by atoms with Crippen LogP contribution in [0.25, 0.3) is 11.0 Å². The molecule has 0 radical (unpaired) electrons.